The average Bonchev–Trinajstić information content (AvgIpc) is 4.03. The van der Waals surface area contributed by atoms with Crippen molar-refractivity contribution < 1.29 is 0 Å². The van der Waals surface area contributed by atoms with Gasteiger partial charge in [0.15, 0.2) is 8.07 Å². The molecule has 0 saturated carbocycles. The molecule has 10 aromatic carbocycles. The number of para-hydroxylation sites is 4. The van der Waals surface area contributed by atoms with E-state index in [1.54, 1.807) is 0 Å². The zero-order chi connectivity index (χ0) is 43.8. The van der Waals surface area contributed by atoms with Crippen LogP contribution in [0.5, 0.6) is 0 Å². The molecule has 66 heavy (non-hydrogen) atoms. The van der Waals surface area contributed by atoms with Crippen LogP contribution in [0.25, 0.3) is 82.5 Å². The standard InChI is InChI=1S/C61H40N4Si/c62-41-42-31-37-52-49-23-10-15-29-57(49)65(60(52)39-42)59-30-16-26-53-50-24-11-14-28-56(50)64(61(53)59)44-34-38-58-54(40-44)51-25-12-13-27-55(51)63(58)43-32-35-48(36-33-43)66(45-17-4-1-5-18-45,46-19-6-2-7-20-46)47-21-8-3-9-22-47/h1-40H. The van der Waals surface area contributed by atoms with Crippen molar-refractivity contribution >= 4 is 94.2 Å². The van der Waals surface area contributed by atoms with E-state index in [9.17, 15) is 5.26 Å². The number of hydrogen-bond donors (Lipinski definition) is 0. The van der Waals surface area contributed by atoms with Gasteiger partial charge in [-0.05, 0) is 87.5 Å². The lowest BCUT2D eigenvalue weighted by atomic mass is 10.1. The molecule has 0 aliphatic rings. The summed E-state index contributed by atoms with van der Waals surface area (Å²) in [6.07, 6.45) is 0. The van der Waals surface area contributed by atoms with Gasteiger partial charge in [0.25, 0.3) is 0 Å². The summed E-state index contributed by atoms with van der Waals surface area (Å²) in [4.78, 5) is 0. The highest BCUT2D eigenvalue weighted by Crippen LogP contribution is 2.41. The minimum atomic E-state index is -2.69. The Labute approximate surface area is 382 Å². The number of aromatic nitrogens is 3. The monoisotopic (exact) mass is 856 g/mol. The molecule has 0 unspecified atom stereocenters. The molecule has 0 aliphatic carbocycles. The number of nitriles is 1. The second-order valence-corrected chi connectivity index (χ2v) is 21.0. The van der Waals surface area contributed by atoms with Gasteiger partial charge in [0.1, 0.15) is 0 Å². The largest absolute Gasteiger partial charge is 0.309 e. The predicted molar refractivity (Wildman–Crippen MR) is 278 cm³/mol. The molecule has 0 bridgehead atoms. The van der Waals surface area contributed by atoms with Crippen LogP contribution < -0.4 is 20.7 Å². The number of benzene rings is 10. The molecule has 0 radical (unpaired) electrons. The molecule has 0 N–H and O–H groups in total. The zero-order valence-corrected chi connectivity index (χ0v) is 36.9. The van der Waals surface area contributed by atoms with Gasteiger partial charge in [0, 0.05) is 43.7 Å². The van der Waals surface area contributed by atoms with Crippen molar-refractivity contribution in [2.45, 2.75) is 0 Å². The van der Waals surface area contributed by atoms with Gasteiger partial charge in [-0.25, -0.2) is 0 Å². The van der Waals surface area contributed by atoms with Crippen molar-refractivity contribution in [1.82, 2.24) is 13.7 Å². The Balaban J connectivity index is 1.03. The predicted octanol–water partition coefficient (Wildman–Crippen LogP) is 12.2. The Kier molecular flexibility index (Phi) is 8.57. The van der Waals surface area contributed by atoms with Crippen LogP contribution >= 0.6 is 0 Å². The first kappa shape index (κ1) is 37.8. The van der Waals surface area contributed by atoms with Crippen LogP contribution in [0.1, 0.15) is 5.56 Å². The van der Waals surface area contributed by atoms with Crippen molar-refractivity contribution in [1.29, 1.82) is 5.26 Å². The Morgan fingerprint density at radius 1 is 0.303 bits per heavy atom. The van der Waals surface area contributed by atoms with E-state index in [-0.39, 0.29) is 0 Å². The highest BCUT2D eigenvalue weighted by atomic mass is 28.3. The van der Waals surface area contributed by atoms with E-state index >= 15 is 0 Å². The number of fused-ring (bicyclic) bond motifs is 9. The minimum absolute atomic E-state index is 0.640. The van der Waals surface area contributed by atoms with Gasteiger partial charge < -0.3 is 13.7 Å². The maximum absolute atomic E-state index is 10.0. The highest BCUT2D eigenvalue weighted by Gasteiger charge is 2.41. The lowest BCUT2D eigenvalue weighted by Gasteiger charge is -2.34. The van der Waals surface area contributed by atoms with Gasteiger partial charge in [-0.2, -0.15) is 5.26 Å². The fourth-order valence-corrected chi connectivity index (χ4v) is 15.8. The summed E-state index contributed by atoms with van der Waals surface area (Å²) in [6, 6.07) is 90.9. The van der Waals surface area contributed by atoms with Crippen molar-refractivity contribution in [2.24, 2.45) is 0 Å². The van der Waals surface area contributed by atoms with E-state index in [0.717, 1.165) is 60.9 Å². The van der Waals surface area contributed by atoms with Crippen LogP contribution in [-0.2, 0) is 0 Å². The first-order valence-electron chi connectivity index (χ1n) is 22.5. The molecule has 13 rings (SSSR count). The molecule has 3 heterocycles. The van der Waals surface area contributed by atoms with E-state index in [1.165, 1.54) is 42.3 Å². The number of hydrogen-bond acceptors (Lipinski definition) is 1. The average molecular weight is 857 g/mol. The highest BCUT2D eigenvalue weighted by molar-refractivity contribution is 7.19. The van der Waals surface area contributed by atoms with Crippen LogP contribution in [0, 0.1) is 11.3 Å². The van der Waals surface area contributed by atoms with Crippen molar-refractivity contribution in [2.75, 3.05) is 0 Å². The second kappa shape index (κ2) is 15.0. The molecule has 0 fully saturated rings. The van der Waals surface area contributed by atoms with Crippen LogP contribution in [-0.4, -0.2) is 21.8 Å². The Bertz CT molecular complexity index is 3950. The fourth-order valence-electron chi connectivity index (χ4n) is 11.1. The van der Waals surface area contributed by atoms with E-state index in [2.05, 4.69) is 250 Å². The number of rotatable bonds is 7. The quantitative estimate of drug-likeness (QED) is 0.116. The first-order chi connectivity index (χ1) is 32.7. The lowest BCUT2D eigenvalue weighted by molar-refractivity contribution is 1.13. The molecule has 5 heteroatoms. The van der Waals surface area contributed by atoms with Gasteiger partial charge >= 0.3 is 0 Å². The normalized spacial score (nSPS) is 11.9. The topological polar surface area (TPSA) is 38.6 Å². The second-order valence-electron chi connectivity index (χ2n) is 17.2. The third-order valence-corrected chi connectivity index (χ3v) is 18.6. The molecule has 13 aromatic rings. The molecule has 0 spiro atoms. The first-order valence-corrected chi connectivity index (χ1v) is 24.5. The van der Waals surface area contributed by atoms with Gasteiger partial charge in [-0.3, -0.25) is 0 Å². The molecule has 0 aliphatic heterocycles. The SMILES string of the molecule is N#Cc1ccc2c3ccccc3n(-c3cccc4c5ccccc5n(-c5ccc6c(c5)c5ccccc5n6-c5ccc([Si](c6ccccc6)(c6ccccc6)c6ccccc6)cc5)c34)c2c1. The summed E-state index contributed by atoms with van der Waals surface area (Å²) in [5.74, 6) is 0. The minimum Gasteiger partial charge on any atom is -0.309 e. The molecule has 3 aromatic heterocycles. The zero-order valence-electron chi connectivity index (χ0n) is 35.9. The molecule has 0 amide bonds. The van der Waals surface area contributed by atoms with Crippen molar-refractivity contribution in [3.8, 4) is 23.1 Å². The van der Waals surface area contributed by atoms with Crippen LogP contribution in [0.15, 0.2) is 243 Å². The molecular weight excluding hydrogens is 817 g/mol. The maximum atomic E-state index is 10.0. The Morgan fingerprint density at radius 3 is 1.36 bits per heavy atom. The summed E-state index contributed by atoms with van der Waals surface area (Å²) in [5.41, 5.74) is 10.6. The van der Waals surface area contributed by atoms with Gasteiger partial charge in [-0.15, -0.1) is 0 Å². The van der Waals surface area contributed by atoms with Crippen molar-refractivity contribution in [3.63, 3.8) is 0 Å². The summed E-state index contributed by atoms with van der Waals surface area (Å²) >= 11 is 0. The third kappa shape index (κ3) is 5.49. The third-order valence-electron chi connectivity index (χ3n) is 13.8. The summed E-state index contributed by atoms with van der Waals surface area (Å²) in [7, 11) is -2.69. The van der Waals surface area contributed by atoms with Crippen molar-refractivity contribution in [3.05, 3.63) is 248 Å². The summed E-state index contributed by atoms with van der Waals surface area (Å²) in [5, 5.41) is 22.5. The van der Waals surface area contributed by atoms with Crippen LogP contribution in [0.2, 0.25) is 0 Å². The van der Waals surface area contributed by atoms with Crippen LogP contribution in [0.3, 0.4) is 0 Å². The van der Waals surface area contributed by atoms with Gasteiger partial charge in [-0.1, -0.05) is 176 Å². The summed E-state index contributed by atoms with van der Waals surface area (Å²) in [6.45, 7) is 0. The fraction of sp³-hybridized carbons (Fsp3) is 0. The Morgan fingerprint density at radius 2 is 0.758 bits per heavy atom. The smallest absolute Gasteiger partial charge is 0.179 e. The molecule has 0 saturated heterocycles. The molecule has 0 atom stereocenters. The van der Waals surface area contributed by atoms with E-state index in [1.807, 2.05) is 12.1 Å². The molecule has 308 valence electrons. The summed E-state index contributed by atoms with van der Waals surface area (Å²) < 4.78 is 7.22. The van der Waals surface area contributed by atoms with E-state index in [4.69, 9.17) is 0 Å². The van der Waals surface area contributed by atoms with Crippen LogP contribution in [0.4, 0.5) is 0 Å². The maximum Gasteiger partial charge on any atom is 0.179 e. The molecular formula is C61H40N4Si. The van der Waals surface area contributed by atoms with Gasteiger partial charge in [0.05, 0.1) is 50.4 Å². The lowest BCUT2D eigenvalue weighted by Crippen LogP contribution is -2.74. The Hall–Kier alpha value is -8.69. The molecule has 4 nitrogen and oxygen atoms in total. The van der Waals surface area contributed by atoms with Gasteiger partial charge in [0.2, 0.25) is 0 Å². The van der Waals surface area contributed by atoms with E-state index < -0.39 is 8.07 Å². The number of nitrogens with zero attached hydrogens (tertiary/aromatic N) is 4. The van der Waals surface area contributed by atoms with E-state index in [0.29, 0.717) is 5.56 Å².